The fourth-order valence-corrected chi connectivity index (χ4v) is 3.04. The molecule has 10 heteroatoms. The Kier molecular flexibility index (Phi) is 5.25. The van der Waals surface area contributed by atoms with Gasteiger partial charge in [0, 0.05) is 43.8 Å². The number of anilines is 2. The summed E-state index contributed by atoms with van der Waals surface area (Å²) in [6.07, 6.45) is 3.24. The van der Waals surface area contributed by atoms with Crippen LogP contribution in [0.1, 0.15) is 18.7 Å². The van der Waals surface area contributed by atoms with Crippen LogP contribution in [0.3, 0.4) is 0 Å². The number of nitrogens with one attached hydrogen (secondary N) is 2. The van der Waals surface area contributed by atoms with Gasteiger partial charge in [-0.3, -0.25) is 14.5 Å². The van der Waals surface area contributed by atoms with Crippen LogP contribution in [0.25, 0.3) is 11.6 Å². The fraction of sp³-hybridized carbons (Fsp3) is 0.263. The predicted octanol–water partition coefficient (Wildman–Crippen LogP) is 1.52. The Bertz CT molecular complexity index is 1020. The van der Waals surface area contributed by atoms with Gasteiger partial charge in [0.25, 0.3) is 0 Å². The van der Waals surface area contributed by atoms with Crippen molar-refractivity contribution in [3.05, 3.63) is 48.6 Å². The van der Waals surface area contributed by atoms with Crippen LogP contribution < -0.4 is 10.6 Å². The highest BCUT2D eigenvalue weighted by atomic mass is 16.5. The van der Waals surface area contributed by atoms with Crippen LogP contribution in [0.4, 0.5) is 11.4 Å². The Morgan fingerprint density at radius 3 is 2.55 bits per heavy atom. The summed E-state index contributed by atoms with van der Waals surface area (Å²) in [5, 5.41) is 9.44. The fourth-order valence-electron chi connectivity index (χ4n) is 3.04. The second-order valence-electron chi connectivity index (χ2n) is 6.73. The first-order valence-electron chi connectivity index (χ1n) is 9.07. The molecule has 1 aliphatic heterocycles. The van der Waals surface area contributed by atoms with E-state index in [-0.39, 0.29) is 24.3 Å². The molecule has 1 aromatic carbocycles. The van der Waals surface area contributed by atoms with E-state index < -0.39 is 0 Å². The third-order valence-corrected chi connectivity index (χ3v) is 4.35. The quantitative estimate of drug-likeness (QED) is 0.646. The lowest BCUT2D eigenvalue weighted by Gasteiger charge is -2.36. The zero-order valence-corrected chi connectivity index (χ0v) is 15.7. The van der Waals surface area contributed by atoms with Gasteiger partial charge in [-0.05, 0) is 24.3 Å². The van der Waals surface area contributed by atoms with Gasteiger partial charge in [-0.25, -0.2) is 9.97 Å². The van der Waals surface area contributed by atoms with Crippen LogP contribution in [0.2, 0.25) is 0 Å². The van der Waals surface area contributed by atoms with Gasteiger partial charge >= 0.3 is 0 Å². The van der Waals surface area contributed by atoms with E-state index in [1.54, 1.807) is 42.7 Å². The van der Waals surface area contributed by atoms with Gasteiger partial charge in [0.1, 0.15) is 0 Å². The van der Waals surface area contributed by atoms with Crippen molar-refractivity contribution in [2.75, 3.05) is 30.3 Å². The molecule has 1 fully saturated rings. The van der Waals surface area contributed by atoms with Crippen LogP contribution in [-0.2, 0) is 9.59 Å². The maximum atomic E-state index is 12.3. The third-order valence-electron chi connectivity index (χ3n) is 4.35. The number of likely N-dealkylation sites (tertiary alicyclic amines) is 1. The van der Waals surface area contributed by atoms with Crippen LogP contribution >= 0.6 is 0 Å². The van der Waals surface area contributed by atoms with E-state index in [4.69, 9.17) is 4.52 Å². The van der Waals surface area contributed by atoms with Crippen molar-refractivity contribution in [3.8, 4) is 11.6 Å². The highest BCUT2D eigenvalue weighted by molar-refractivity contribution is 5.94. The molecule has 0 aliphatic carbocycles. The number of rotatable bonds is 6. The number of aromatic nitrogens is 4. The van der Waals surface area contributed by atoms with E-state index in [0.29, 0.717) is 42.0 Å². The van der Waals surface area contributed by atoms with E-state index in [1.165, 1.54) is 6.92 Å². The minimum Gasteiger partial charge on any atom is -0.338 e. The summed E-state index contributed by atoms with van der Waals surface area (Å²) in [4.78, 5) is 37.9. The van der Waals surface area contributed by atoms with E-state index in [2.05, 4.69) is 30.7 Å². The lowest BCUT2D eigenvalue weighted by molar-refractivity contribution is -0.118. The molecule has 29 heavy (non-hydrogen) atoms. The van der Waals surface area contributed by atoms with Crippen molar-refractivity contribution in [2.45, 2.75) is 12.8 Å². The summed E-state index contributed by atoms with van der Waals surface area (Å²) in [7, 11) is 0. The Hall–Kier alpha value is -3.66. The van der Waals surface area contributed by atoms with E-state index in [9.17, 15) is 9.59 Å². The van der Waals surface area contributed by atoms with Gasteiger partial charge in [-0.15, -0.1) is 0 Å². The van der Waals surface area contributed by atoms with Crippen molar-refractivity contribution in [1.29, 1.82) is 0 Å². The zero-order valence-electron chi connectivity index (χ0n) is 15.7. The molecule has 2 amide bonds. The molecule has 0 unspecified atom stereocenters. The van der Waals surface area contributed by atoms with Crippen LogP contribution in [0.5, 0.6) is 0 Å². The molecule has 0 radical (unpaired) electrons. The third kappa shape index (κ3) is 4.61. The summed E-state index contributed by atoms with van der Waals surface area (Å²) >= 11 is 0. The topological polar surface area (TPSA) is 126 Å². The standard InChI is InChI=1S/C19H19N7O3/c1-12(27)22-14-4-2-5-15(8-14)23-16(28)11-26-9-13(10-26)19-24-18(25-29-19)17-20-6-3-7-21-17/h2-8,13H,9-11H2,1H3,(H,22,27)(H,23,28). The van der Waals surface area contributed by atoms with Crippen LogP contribution in [-0.4, -0.2) is 56.5 Å². The highest BCUT2D eigenvalue weighted by Crippen LogP contribution is 2.26. The lowest BCUT2D eigenvalue weighted by Crippen LogP contribution is -2.48. The molecular formula is C19H19N7O3. The number of benzene rings is 1. The molecule has 0 saturated carbocycles. The maximum Gasteiger partial charge on any atom is 0.240 e. The van der Waals surface area contributed by atoms with Crippen molar-refractivity contribution in [2.24, 2.45) is 0 Å². The number of carbonyl (C=O) groups excluding carboxylic acids is 2. The molecule has 0 atom stereocenters. The molecule has 1 saturated heterocycles. The normalized spacial score (nSPS) is 14.2. The summed E-state index contributed by atoms with van der Waals surface area (Å²) in [5.41, 5.74) is 1.26. The molecule has 4 rings (SSSR count). The molecule has 2 N–H and O–H groups in total. The summed E-state index contributed by atoms with van der Waals surface area (Å²) in [6, 6.07) is 8.73. The molecule has 0 spiro atoms. The highest BCUT2D eigenvalue weighted by Gasteiger charge is 2.33. The van der Waals surface area contributed by atoms with Gasteiger partial charge < -0.3 is 15.2 Å². The summed E-state index contributed by atoms with van der Waals surface area (Å²) in [5.74, 6) is 1.08. The smallest absolute Gasteiger partial charge is 0.240 e. The Morgan fingerprint density at radius 1 is 1.10 bits per heavy atom. The van der Waals surface area contributed by atoms with E-state index >= 15 is 0 Å². The number of amides is 2. The lowest BCUT2D eigenvalue weighted by atomic mass is 10.0. The molecule has 0 bridgehead atoms. The van der Waals surface area contributed by atoms with E-state index in [1.807, 2.05) is 4.90 Å². The van der Waals surface area contributed by atoms with Gasteiger partial charge in [-0.2, -0.15) is 4.98 Å². The molecule has 2 aromatic heterocycles. The van der Waals surface area contributed by atoms with Crippen molar-refractivity contribution < 1.29 is 14.1 Å². The molecule has 1 aliphatic rings. The Labute approximate surface area is 166 Å². The van der Waals surface area contributed by atoms with Gasteiger partial charge in [0.2, 0.25) is 29.4 Å². The zero-order chi connectivity index (χ0) is 20.2. The molecular weight excluding hydrogens is 374 g/mol. The van der Waals surface area contributed by atoms with Gasteiger partial charge in [0.15, 0.2) is 0 Å². The first-order chi connectivity index (χ1) is 14.1. The second kappa shape index (κ2) is 8.15. The number of carbonyl (C=O) groups is 2. The Balaban J connectivity index is 1.27. The number of hydrogen-bond donors (Lipinski definition) is 2. The predicted molar refractivity (Wildman–Crippen MR) is 104 cm³/mol. The monoisotopic (exact) mass is 393 g/mol. The summed E-state index contributed by atoms with van der Waals surface area (Å²) in [6.45, 7) is 2.99. The van der Waals surface area contributed by atoms with Crippen molar-refractivity contribution >= 4 is 23.2 Å². The molecule has 10 nitrogen and oxygen atoms in total. The average Bonchev–Trinajstić information content (AvgIpc) is 3.14. The Morgan fingerprint density at radius 2 is 1.83 bits per heavy atom. The first-order valence-corrected chi connectivity index (χ1v) is 9.07. The molecule has 3 heterocycles. The number of nitrogens with zero attached hydrogens (tertiary/aromatic N) is 5. The van der Waals surface area contributed by atoms with Crippen molar-refractivity contribution in [3.63, 3.8) is 0 Å². The average molecular weight is 393 g/mol. The minimum atomic E-state index is -0.164. The van der Waals surface area contributed by atoms with Gasteiger partial charge in [-0.1, -0.05) is 11.2 Å². The van der Waals surface area contributed by atoms with Crippen LogP contribution in [0.15, 0.2) is 47.2 Å². The minimum absolute atomic E-state index is 0.0795. The second-order valence-corrected chi connectivity index (χ2v) is 6.73. The first kappa shape index (κ1) is 18.7. The van der Waals surface area contributed by atoms with E-state index in [0.717, 1.165) is 0 Å². The van der Waals surface area contributed by atoms with Crippen molar-refractivity contribution in [1.82, 2.24) is 25.0 Å². The summed E-state index contributed by atoms with van der Waals surface area (Å²) < 4.78 is 5.31. The SMILES string of the molecule is CC(=O)Nc1cccc(NC(=O)CN2CC(c3nc(-c4ncccn4)no3)C2)c1. The largest absolute Gasteiger partial charge is 0.338 e. The maximum absolute atomic E-state index is 12.3. The number of hydrogen-bond acceptors (Lipinski definition) is 8. The van der Waals surface area contributed by atoms with Gasteiger partial charge in [0.05, 0.1) is 12.5 Å². The molecule has 148 valence electrons. The molecule has 3 aromatic rings. The van der Waals surface area contributed by atoms with Crippen LogP contribution in [0, 0.1) is 0 Å².